The number of benzene rings is 2. The second kappa shape index (κ2) is 13.0. The van der Waals surface area contributed by atoms with E-state index in [4.69, 9.17) is 26.4 Å². The van der Waals surface area contributed by atoms with E-state index in [2.05, 4.69) is 59.7 Å². The summed E-state index contributed by atoms with van der Waals surface area (Å²) in [6, 6.07) is 10.2. The zero-order chi connectivity index (χ0) is 26.2. The summed E-state index contributed by atoms with van der Waals surface area (Å²) in [6.45, 7) is 3.43. The number of ether oxygens (including phenoxy) is 3. The Hall–Kier alpha value is -2.71. The van der Waals surface area contributed by atoms with Gasteiger partial charge in [0.25, 0.3) is 5.91 Å². The molecule has 36 heavy (non-hydrogen) atoms. The van der Waals surface area contributed by atoms with Crippen LogP contribution in [0.15, 0.2) is 57.2 Å². The molecule has 0 bridgehead atoms. The van der Waals surface area contributed by atoms with Crippen LogP contribution in [-0.2, 0) is 14.3 Å². The van der Waals surface area contributed by atoms with Crippen LogP contribution in [0.4, 0.5) is 0 Å². The number of amides is 1. The highest BCUT2D eigenvalue weighted by Gasteiger charge is 2.32. The highest BCUT2D eigenvalue weighted by Crippen LogP contribution is 2.33. The van der Waals surface area contributed by atoms with Crippen molar-refractivity contribution in [2.45, 2.75) is 19.9 Å². The van der Waals surface area contributed by atoms with E-state index in [0.29, 0.717) is 39.0 Å². The number of methoxy groups -OCH3 is 1. The number of nitrogens with zero attached hydrogens (tertiary/aromatic N) is 1. The predicted molar refractivity (Wildman–Crippen MR) is 152 cm³/mol. The number of rotatable bonds is 9. The van der Waals surface area contributed by atoms with E-state index in [1.807, 2.05) is 18.2 Å². The smallest absolute Gasteiger partial charge is 0.338 e. The zero-order valence-electron chi connectivity index (χ0n) is 19.7. The molecule has 2 aromatic rings. The third kappa shape index (κ3) is 6.95. The first kappa shape index (κ1) is 27.9. The largest absolute Gasteiger partial charge is 0.495 e. The molecule has 2 aromatic carbocycles. The Morgan fingerprint density at radius 1 is 1.31 bits per heavy atom. The first-order chi connectivity index (χ1) is 17.2. The average molecular weight is 687 g/mol. The van der Waals surface area contributed by atoms with Crippen LogP contribution in [0.2, 0.25) is 0 Å². The van der Waals surface area contributed by atoms with Crippen molar-refractivity contribution in [3.8, 4) is 11.5 Å². The number of carbonyl (C=O) groups is 2. The molecule has 0 unspecified atom stereocenters. The van der Waals surface area contributed by atoms with Crippen molar-refractivity contribution < 1.29 is 23.8 Å². The standard InChI is InChI=1S/C24H24BrIN4O5S/c1-4-34-23(32)20-13(2)28-24(36)29-21(20)16-7-5-6-8-18(16)35-12-19(31)30-27-11-14-9-15(25)10-17(26)22(14)33-3/h5-11,21H,4,12H2,1-3H3,(H,30,31)(H2,28,29,36)/t21-/m1/s1. The molecule has 3 rings (SSSR count). The molecule has 0 spiro atoms. The van der Waals surface area contributed by atoms with Crippen molar-refractivity contribution in [3.63, 3.8) is 0 Å². The van der Waals surface area contributed by atoms with Crippen LogP contribution >= 0.6 is 50.7 Å². The summed E-state index contributed by atoms with van der Waals surface area (Å²) in [5.41, 5.74) is 4.75. The van der Waals surface area contributed by atoms with Crippen LogP contribution in [0.25, 0.3) is 0 Å². The number of allylic oxidation sites excluding steroid dienone is 1. The second-order valence-electron chi connectivity index (χ2n) is 7.42. The van der Waals surface area contributed by atoms with Gasteiger partial charge in [-0.3, -0.25) is 4.79 Å². The van der Waals surface area contributed by atoms with Gasteiger partial charge in [-0.15, -0.1) is 0 Å². The molecule has 1 amide bonds. The minimum absolute atomic E-state index is 0.233. The summed E-state index contributed by atoms with van der Waals surface area (Å²) >= 11 is 10.9. The number of hydrogen-bond donors (Lipinski definition) is 3. The number of halogens is 2. The first-order valence-electron chi connectivity index (χ1n) is 10.8. The summed E-state index contributed by atoms with van der Waals surface area (Å²) in [6.07, 6.45) is 1.50. The van der Waals surface area contributed by atoms with E-state index in [1.165, 1.54) is 6.21 Å². The van der Waals surface area contributed by atoms with E-state index in [0.717, 1.165) is 8.04 Å². The molecule has 3 N–H and O–H groups in total. The van der Waals surface area contributed by atoms with Crippen molar-refractivity contribution in [1.29, 1.82) is 0 Å². The lowest BCUT2D eigenvalue weighted by Gasteiger charge is -2.30. The van der Waals surface area contributed by atoms with Crippen LogP contribution < -0.4 is 25.5 Å². The Morgan fingerprint density at radius 2 is 2.06 bits per heavy atom. The summed E-state index contributed by atoms with van der Waals surface area (Å²) < 4.78 is 18.2. The first-order valence-corrected chi connectivity index (χ1v) is 13.0. The van der Waals surface area contributed by atoms with Crippen LogP contribution in [0.5, 0.6) is 11.5 Å². The molecule has 1 atom stereocenters. The number of para-hydroxylation sites is 1. The maximum Gasteiger partial charge on any atom is 0.338 e. The Bertz CT molecular complexity index is 1240. The number of esters is 1. The Labute approximate surface area is 236 Å². The second-order valence-corrected chi connectivity index (χ2v) is 9.91. The fourth-order valence-corrected chi connectivity index (χ4v) is 5.54. The molecule has 0 saturated heterocycles. The Balaban J connectivity index is 1.73. The summed E-state index contributed by atoms with van der Waals surface area (Å²) in [7, 11) is 1.57. The molecular formula is C24H24BrIN4O5S. The molecule has 1 aliphatic heterocycles. The van der Waals surface area contributed by atoms with Crippen LogP contribution in [0.3, 0.4) is 0 Å². The molecule has 0 aliphatic carbocycles. The van der Waals surface area contributed by atoms with Crippen LogP contribution in [0, 0.1) is 3.57 Å². The molecule has 0 saturated carbocycles. The number of nitrogens with one attached hydrogen (secondary N) is 3. The number of hydrogen-bond acceptors (Lipinski definition) is 7. The lowest BCUT2D eigenvalue weighted by molar-refractivity contribution is -0.139. The van der Waals surface area contributed by atoms with E-state index in [-0.39, 0.29) is 13.2 Å². The molecular weight excluding hydrogens is 663 g/mol. The van der Waals surface area contributed by atoms with Crippen molar-refractivity contribution in [2.75, 3.05) is 20.3 Å². The Morgan fingerprint density at radius 3 is 2.78 bits per heavy atom. The average Bonchev–Trinajstić information content (AvgIpc) is 2.82. The van der Waals surface area contributed by atoms with Crippen LogP contribution in [0.1, 0.15) is 31.0 Å². The predicted octanol–water partition coefficient (Wildman–Crippen LogP) is 3.95. The maximum absolute atomic E-state index is 12.7. The van der Waals surface area contributed by atoms with Gasteiger partial charge in [0.2, 0.25) is 0 Å². The fraction of sp³-hybridized carbons (Fsp3) is 0.250. The van der Waals surface area contributed by atoms with Gasteiger partial charge in [0.05, 0.1) is 35.1 Å². The molecule has 1 heterocycles. The maximum atomic E-state index is 12.7. The topological polar surface area (TPSA) is 110 Å². The van der Waals surface area contributed by atoms with Gasteiger partial charge in [0.15, 0.2) is 11.7 Å². The van der Waals surface area contributed by atoms with Gasteiger partial charge >= 0.3 is 5.97 Å². The summed E-state index contributed by atoms with van der Waals surface area (Å²) in [5.74, 6) is 0.129. The van der Waals surface area contributed by atoms with Gasteiger partial charge in [0, 0.05) is 21.3 Å². The molecule has 190 valence electrons. The quantitative estimate of drug-likeness (QED) is 0.120. The number of carbonyl (C=O) groups excluding carboxylic acids is 2. The van der Waals surface area contributed by atoms with E-state index >= 15 is 0 Å². The highest BCUT2D eigenvalue weighted by atomic mass is 127. The molecule has 0 aromatic heterocycles. The molecule has 1 aliphatic rings. The minimum Gasteiger partial charge on any atom is -0.495 e. The lowest BCUT2D eigenvalue weighted by atomic mass is 9.95. The number of thiocarbonyl (C=S) groups is 1. The van der Waals surface area contributed by atoms with E-state index < -0.39 is 17.9 Å². The molecule has 0 fully saturated rings. The third-order valence-corrected chi connectivity index (χ3v) is 6.47. The van der Waals surface area contributed by atoms with E-state index in [9.17, 15) is 9.59 Å². The number of hydrazone groups is 1. The molecule has 12 heteroatoms. The SMILES string of the molecule is CCOC(=O)C1=C(C)NC(=S)N[C@@H]1c1ccccc1OCC(=O)NN=Cc1cc(Br)cc(I)c1OC. The summed E-state index contributed by atoms with van der Waals surface area (Å²) in [4.78, 5) is 25.1. The van der Waals surface area contributed by atoms with E-state index in [1.54, 1.807) is 39.2 Å². The normalized spacial score (nSPS) is 15.2. The van der Waals surface area contributed by atoms with Gasteiger partial charge in [-0.25, -0.2) is 10.2 Å². The lowest BCUT2D eigenvalue weighted by Crippen LogP contribution is -2.45. The fourth-order valence-electron chi connectivity index (χ4n) is 3.50. The van der Waals surface area contributed by atoms with Crippen molar-refractivity contribution in [2.24, 2.45) is 5.10 Å². The van der Waals surface area contributed by atoms with Crippen LogP contribution in [-0.4, -0.2) is 43.5 Å². The van der Waals surface area contributed by atoms with Gasteiger partial charge in [0.1, 0.15) is 11.5 Å². The monoisotopic (exact) mass is 686 g/mol. The van der Waals surface area contributed by atoms with Crippen molar-refractivity contribution in [3.05, 3.63) is 66.8 Å². The third-order valence-electron chi connectivity index (χ3n) is 4.99. The molecule has 0 radical (unpaired) electrons. The molecule has 9 nitrogen and oxygen atoms in total. The van der Waals surface area contributed by atoms with Crippen molar-refractivity contribution in [1.82, 2.24) is 16.1 Å². The zero-order valence-corrected chi connectivity index (χ0v) is 24.2. The van der Waals surface area contributed by atoms with Gasteiger partial charge in [-0.2, -0.15) is 5.10 Å². The van der Waals surface area contributed by atoms with Gasteiger partial charge < -0.3 is 24.8 Å². The van der Waals surface area contributed by atoms with Crippen molar-refractivity contribution >= 4 is 73.9 Å². The minimum atomic E-state index is -0.610. The Kier molecular flexibility index (Phi) is 10.1. The highest BCUT2D eigenvalue weighted by molar-refractivity contribution is 14.1. The van der Waals surface area contributed by atoms with Gasteiger partial charge in [-0.1, -0.05) is 34.1 Å². The van der Waals surface area contributed by atoms with Gasteiger partial charge in [-0.05, 0) is 66.9 Å². The summed E-state index contributed by atoms with van der Waals surface area (Å²) in [5, 5.41) is 10.4.